The van der Waals surface area contributed by atoms with Crippen LogP contribution in [0.1, 0.15) is 38.2 Å². The van der Waals surface area contributed by atoms with Crippen LogP contribution in [-0.2, 0) is 0 Å². The largest absolute Gasteiger partial charge is 0.459 e. The molecular weight excluding hydrogens is 236 g/mol. The standard InChI is InChI=1S/C12H18N2O2S/c1-8(2)14(9(3)4)12(17)13-11(15)10-6-5-7-16-10/h5-9H,1-4H3,(H,13,15,17). The first-order chi connectivity index (χ1) is 7.93. The smallest absolute Gasteiger partial charge is 0.293 e. The summed E-state index contributed by atoms with van der Waals surface area (Å²) in [5, 5.41) is 3.10. The molecule has 0 atom stereocenters. The number of nitrogens with one attached hydrogen (secondary N) is 1. The Labute approximate surface area is 107 Å². The van der Waals surface area contributed by atoms with Gasteiger partial charge in [0.2, 0.25) is 0 Å². The molecule has 0 radical (unpaired) electrons. The molecule has 0 fully saturated rings. The van der Waals surface area contributed by atoms with E-state index in [0.717, 1.165) is 0 Å². The van der Waals surface area contributed by atoms with Crippen molar-refractivity contribution in [1.29, 1.82) is 0 Å². The number of carbonyl (C=O) groups excluding carboxylic acids is 1. The fraction of sp³-hybridized carbons (Fsp3) is 0.500. The van der Waals surface area contributed by atoms with E-state index in [9.17, 15) is 4.79 Å². The van der Waals surface area contributed by atoms with Gasteiger partial charge in [-0.1, -0.05) is 0 Å². The minimum atomic E-state index is -0.314. The summed E-state index contributed by atoms with van der Waals surface area (Å²) in [6.45, 7) is 8.13. The lowest BCUT2D eigenvalue weighted by atomic mass is 10.2. The fourth-order valence-corrected chi connectivity index (χ4v) is 2.21. The molecule has 1 amide bonds. The van der Waals surface area contributed by atoms with Gasteiger partial charge in [-0.2, -0.15) is 0 Å². The van der Waals surface area contributed by atoms with Crippen LogP contribution in [0.3, 0.4) is 0 Å². The summed E-state index contributed by atoms with van der Waals surface area (Å²) in [7, 11) is 0. The molecule has 0 saturated carbocycles. The third kappa shape index (κ3) is 3.56. The van der Waals surface area contributed by atoms with Crippen LogP contribution in [0, 0.1) is 0 Å². The van der Waals surface area contributed by atoms with Crippen molar-refractivity contribution in [2.45, 2.75) is 39.8 Å². The van der Waals surface area contributed by atoms with Crippen LogP contribution in [0.25, 0.3) is 0 Å². The van der Waals surface area contributed by atoms with E-state index in [2.05, 4.69) is 5.32 Å². The highest BCUT2D eigenvalue weighted by molar-refractivity contribution is 7.80. The van der Waals surface area contributed by atoms with E-state index in [0.29, 0.717) is 5.11 Å². The normalized spacial score (nSPS) is 10.7. The monoisotopic (exact) mass is 254 g/mol. The molecule has 94 valence electrons. The highest BCUT2D eigenvalue weighted by Gasteiger charge is 2.19. The highest BCUT2D eigenvalue weighted by Crippen LogP contribution is 2.06. The van der Waals surface area contributed by atoms with E-state index in [4.69, 9.17) is 16.6 Å². The molecule has 0 unspecified atom stereocenters. The lowest BCUT2D eigenvalue weighted by Crippen LogP contribution is -2.49. The topological polar surface area (TPSA) is 45.5 Å². The van der Waals surface area contributed by atoms with Gasteiger partial charge in [0.05, 0.1) is 6.26 Å². The number of hydrogen-bond acceptors (Lipinski definition) is 3. The second-order valence-electron chi connectivity index (χ2n) is 4.33. The zero-order chi connectivity index (χ0) is 13.0. The number of amides is 1. The SMILES string of the molecule is CC(C)N(C(=S)NC(=O)c1ccco1)C(C)C. The summed E-state index contributed by atoms with van der Waals surface area (Å²) in [6, 6.07) is 3.74. The summed E-state index contributed by atoms with van der Waals surface area (Å²) < 4.78 is 5.01. The third-order valence-electron chi connectivity index (χ3n) is 2.31. The molecule has 4 nitrogen and oxygen atoms in total. The predicted molar refractivity (Wildman–Crippen MR) is 70.9 cm³/mol. The van der Waals surface area contributed by atoms with Crippen molar-refractivity contribution in [1.82, 2.24) is 10.2 Å². The Hall–Kier alpha value is -1.36. The molecule has 1 aromatic rings. The van der Waals surface area contributed by atoms with E-state index in [1.54, 1.807) is 12.1 Å². The van der Waals surface area contributed by atoms with E-state index in [1.807, 2.05) is 32.6 Å². The average molecular weight is 254 g/mol. The van der Waals surface area contributed by atoms with Crippen LogP contribution >= 0.6 is 12.2 Å². The quantitative estimate of drug-likeness (QED) is 0.841. The third-order valence-corrected chi connectivity index (χ3v) is 2.63. The zero-order valence-corrected chi connectivity index (χ0v) is 11.4. The molecule has 0 spiro atoms. The van der Waals surface area contributed by atoms with Crippen molar-refractivity contribution in [2.75, 3.05) is 0 Å². The van der Waals surface area contributed by atoms with E-state index < -0.39 is 0 Å². The number of thiocarbonyl (C=S) groups is 1. The summed E-state index contributed by atoms with van der Waals surface area (Å²) in [5.41, 5.74) is 0. The summed E-state index contributed by atoms with van der Waals surface area (Å²) in [4.78, 5) is 13.7. The van der Waals surface area contributed by atoms with E-state index >= 15 is 0 Å². The van der Waals surface area contributed by atoms with Crippen LogP contribution in [-0.4, -0.2) is 28.0 Å². The van der Waals surface area contributed by atoms with Gasteiger partial charge in [0.15, 0.2) is 10.9 Å². The molecule has 0 aromatic carbocycles. The van der Waals surface area contributed by atoms with Gasteiger partial charge in [0.25, 0.3) is 5.91 Å². The van der Waals surface area contributed by atoms with Crippen molar-refractivity contribution >= 4 is 23.2 Å². The van der Waals surface area contributed by atoms with Gasteiger partial charge in [0, 0.05) is 12.1 Å². The molecule has 0 bridgehead atoms. The minimum Gasteiger partial charge on any atom is -0.459 e. The summed E-state index contributed by atoms with van der Waals surface area (Å²) >= 11 is 5.23. The first-order valence-corrected chi connectivity index (χ1v) is 6.01. The number of hydrogen-bond donors (Lipinski definition) is 1. The van der Waals surface area contributed by atoms with Gasteiger partial charge < -0.3 is 9.32 Å². The molecule has 1 rings (SSSR count). The Kier molecular flexibility index (Phi) is 4.69. The van der Waals surface area contributed by atoms with E-state index in [1.165, 1.54) is 6.26 Å². The zero-order valence-electron chi connectivity index (χ0n) is 10.6. The summed E-state index contributed by atoms with van der Waals surface area (Å²) in [6.07, 6.45) is 1.46. The van der Waals surface area contributed by atoms with Gasteiger partial charge in [-0.15, -0.1) is 0 Å². The van der Waals surface area contributed by atoms with Crippen LogP contribution in [0.5, 0.6) is 0 Å². The molecule has 0 aliphatic heterocycles. The molecule has 1 heterocycles. The summed E-state index contributed by atoms with van der Waals surface area (Å²) in [5.74, 6) is -0.0499. The highest BCUT2D eigenvalue weighted by atomic mass is 32.1. The van der Waals surface area contributed by atoms with Crippen molar-refractivity contribution in [2.24, 2.45) is 0 Å². The molecule has 1 aromatic heterocycles. The number of furan rings is 1. The molecule has 17 heavy (non-hydrogen) atoms. The minimum absolute atomic E-state index is 0.236. The maximum absolute atomic E-state index is 11.7. The van der Waals surface area contributed by atoms with Crippen LogP contribution < -0.4 is 5.32 Å². The lowest BCUT2D eigenvalue weighted by molar-refractivity contribution is 0.0943. The predicted octanol–water partition coefficient (Wildman–Crippen LogP) is 2.41. The fourth-order valence-electron chi connectivity index (χ4n) is 1.70. The average Bonchev–Trinajstić information content (AvgIpc) is 2.68. The van der Waals surface area contributed by atoms with Gasteiger partial charge in [-0.3, -0.25) is 10.1 Å². The van der Waals surface area contributed by atoms with Gasteiger partial charge in [-0.25, -0.2) is 0 Å². The Morgan fingerprint density at radius 2 is 1.94 bits per heavy atom. The maximum Gasteiger partial charge on any atom is 0.293 e. The Balaban J connectivity index is 2.68. The van der Waals surface area contributed by atoms with Gasteiger partial charge >= 0.3 is 0 Å². The van der Waals surface area contributed by atoms with Crippen molar-refractivity contribution < 1.29 is 9.21 Å². The van der Waals surface area contributed by atoms with Crippen LogP contribution in [0.4, 0.5) is 0 Å². The Bertz CT molecular complexity index is 377. The molecule has 1 N–H and O–H groups in total. The Morgan fingerprint density at radius 3 is 2.35 bits per heavy atom. The number of carbonyl (C=O) groups is 1. The first-order valence-electron chi connectivity index (χ1n) is 5.60. The van der Waals surface area contributed by atoms with Gasteiger partial charge in [0.1, 0.15) is 0 Å². The molecule has 0 saturated heterocycles. The van der Waals surface area contributed by atoms with Crippen molar-refractivity contribution in [3.8, 4) is 0 Å². The second kappa shape index (κ2) is 5.82. The first kappa shape index (κ1) is 13.7. The maximum atomic E-state index is 11.7. The molecule has 0 aliphatic rings. The van der Waals surface area contributed by atoms with Crippen molar-refractivity contribution in [3.05, 3.63) is 24.2 Å². The molecule has 0 aliphatic carbocycles. The second-order valence-corrected chi connectivity index (χ2v) is 4.72. The van der Waals surface area contributed by atoms with E-state index in [-0.39, 0.29) is 23.8 Å². The molecular formula is C12H18N2O2S. The number of rotatable bonds is 3. The molecule has 5 heteroatoms. The Morgan fingerprint density at radius 1 is 1.35 bits per heavy atom. The van der Waals surface area contributed by atoms with Gasteiger partial charge in [-0.05, 0) is 52.0 Å². The number of nitrogens with zero attached hydrogens (tertiary/aromatic N) is 1. The lowest BCUT2D eigenvalue weighted by Gasteiger charge is -2.32. The van der Waals surface area contributed by atoms with Crippen LogP contribution in [0.2, 0.25) is 0 Å². The van der Waals surface area contributed by atoms with Crippen LogP contribution in [0.15, 0.2) is 22.8 Å². The van der Waals surface area contributed by atoms with Crippen molar-refractivity contribution in [3.63, 3.8) is 0 Å².